The Bertz CT molecular complexity index is 1680. The maximum absolute atomic E-state index is 12.0. The number of likely N-dealkylation sites (N-methyl/N-ethyl adjacent to an activating group) is 2. The van der Waals surface area contributed by atoms with Crippen LogP contribution in [-0.2, 0) is 7.05 Å². The van der Waals surface area contributed by atoms with Crippen molar-refractivity contribution in [2.45, 2.75) is 13.1 Å². The van der Waals surface area contributed by atoms with Gasteiger partial charge in [0, 0.05) is 80.0 Å². The van der Waals surface area contributed by atoms with Gasteiger partial charge in [0.05, 0.1) is 29.1 Å². The van der Waals surface area contributed by atoms with Gasteiger partial charge >= 0.3 is 0 Å². The molecule has 1 atom stereocenters. The van der Waals surface area contributed by atoms with E-state index >= 15 is 0 Å². The van der Waals surface area contributed by atoms with Crippen molar-refractivity contribution >= 4 is 45.8 Å². The van der Waals surface area contributed by atoms with E-state index in [4.69, 9.17) is 9.72 Å². The number of ether oxygens (including phenoxy) is 1. The number of nitrogens with zero attached hydrogens (tertiary/aromatic N) is 8. The Morgan fingerprint density at radius 2 is 1.95 bits per heavy atom. The summed E-state index contributed by atoms with van der Waals surface area (Å²) in [5, 5.41) is 16.2. The van der Waals surface area contributed by atoms with Crippen LogP contribution in [0.3, 0.4) is 0 Å². The average Bonchev–Trinajstić information content (AvgIpc) is 3.54. The Labute approximate surface area is 238 Å². The molecule has 1 aliphatic rings. The van der Waals surface area contributed by atoms with Gasteiger partial charge in [-0.25, -0.2) is 9.97 Å². The monoisotopic (exact) mass is 555 g/mol. The quantitative estimate of drug-likeness (QED) is 0.224. The second kappa shape index (κ2) is 11.3. The Kier molecular flexibility index (Phi) is 7.66. The van der Waals surface area contributed by atoms with Gasteiger partial charge in [0.1, 0.15) is 17.6 Å². The summed E-state index contributed by atoms with van der Waals surface area (Å²) in [5.74, 6) is 0.740. The molecule has 1 unspecified atom stereocenters. The number of nitro benzene ring substituents is 1. The van der Waals surface area contributed by atoms with Crippen LogP contribution in [0.15, 0.2) is 58.8 Å². The van der Waals surface area contributed by atoms with Gasteiger partial charge in [-0.1, -0.05) is 12.1 Å². The summed E-state index contributed by atoms with van der Waals surface area (Å²) < 4.78 is 7.66. The third-order valence-corrected chi connectivity index (χ3v) is 6.99. The lowest BCUT2D eigenvalue weighted by atomic mass is 10.1. The largest absolute Gasteiger partial charge is 0.494 e. The van der Waals surface area contributed by atoms with Crippen molar-refractivity contribution in [3.63, 3.8) is 0 Å². The molecule has 1 aliphatic heterocycles. The van der Waals surface area contributed by atoms with Crippen molar-refractivity contribution in [2.24, 2.45) is 17.0 Å². The van der Waals surface area contributed by atoms with Crippen molar-refractivity contribution in [1.29, 1.82) is 0 Å². The van der Waals surface area contributed by atoms with Crippen LogP contribution in [0.5, 0.6) is 5.75 Å². The molecule has 12 nitrogen and oxygen atoms in total. The highest BCUT2D eigenvalue weighted by Crippen LogP contribution is 2.39. The van der Waals surface area contributed by atoms with Crippen LogP contribution in [0.25, 0.3) is 22.2 Å². The number of aryl methyl sites for hydroxylation is 1. The first kappa shape index (κ1) is 27.7. The number of fused-ring (bicyclic) bond motifs is 1. The number of hydrogen-bond donors (Lipinski definition) is 1. The zero-order chi connectivity index (χ0) is 29.3. The van der Waals surface area contributed by atoms with Crippen LogP contribution in [0.2, 0.25) is 0 Å². The van der Waals surface area contributed by atoms with E-state index in [1.807, 2.05) is 69.5 Å². The van der Waals surface area contributed by atoms with Gasteiger partial charge in [0.2, 0.25) is 5.95 Å². The van der Waals surface area contributed by atoms with Crippen LogP contribution in [0.1, 0.15) is 12.5 Å². The molecule has 3 heterocycles. The minimum absolute atomic E-state index is 0.0399. The summed E-state index contributed by atoms with van der Waals surface area (Å²) in [6.07, 6.45) is 5.44. The number of aromatic nitrogens is 3. The minimum atomic E-state index is -0.391. The number of benzene rings is 2. The number of aliphatic imine (C=N–C) groups is 2. The van der Waals surface area contributed by atoms with E-state index in [1.165, 1.54) is 13.2 Å². The number of hydrogen-bond acceptors (Lipinski definition) is 10. The number of methoxy groups -OCH3 is 1. The van der Waals surface area contributed by atoms with Gasteiger partial charge in [-0.3, -0.25) is 20.1 Å². The maximum atomic E-state index is 12.0. The van der Waals surface area contributed by atoms with E-state index in [-0.39, 0.29) is 11.9 Å². The lowest BCUT2D eigenvalue weighted by Gasteiger charge is -2.22. The first-order valence-electron chi connectivity index (χ1n) is 13.2. The molecule has 5 rings (SSSR count). The van der Waals surface area contributed by atoms with Crippen molar-refractivity contribution in [2.75, 3.05) is 51.6 Å². The summed E-state index contributed by atoms with van der Waals surface area (Å²) in [6, 6.07) is 11.2. The van der Waals surface area contributed by atoms with Gasteiger partial charge in [-0.05, 0) is 33.2 Å². The topological polar surface area (TPSA) is 126 Å². The Morgan fingerprint density at radius 1 is 1.15 bits per heavy atom. The summed E-state index contributed by atoms with van der Waals surface area (Å²) in [4.78, 5) is 33.5. The van der Waals surface area contributed by atoms with Crippen LogP contribution in [0, 0.1) is 10.1 Å². The molecule has 0 radical (unpaired) electrons. The standard InChI is InChI=1S/C29H33N9O3/c1-18-31-16-24(32-18)19-7-8-20-21(17-37(5)25(20)13-19)22-9-10-30-29(33-22)34-23-14-27(38(39)40)26(15-28(23)41-6)36(4)12-11-35(2)3/h7-10,13-18H,11-12H2,1-6H3,(H,30,33,34). The Hall–Kier alpha value is -4.84. The van der Waals surface area contributed by atoms with Gasteiger partial charge < -0.3 is 24.4 Å². The molecule has 0 amide bonds. The summed E-state index contributed by atoms with van der Waals surface area (Å²) in [5.41, 5.74) is 5.38. The molecule has 0 bridgehead atoms. The molecule has 12 heteroatoms. The molecular formula is C29H33N9O3. The molecule has 4 aromatic rings. The number of rotatable bonds is 10. The lowest BCUT2D eigenvalue weighted by Crippen LogP contribution is -2.28. The third kappa shape index (κ3) is 5.73. The fraction of sp³-hybridized carbons (Fsp3) is 0.310. The maximum Gasteiger partial charge on any atom is 0.294 e. The second-order valence-electron chi connectivity index (χ2n) is 10.2. The number of nitrogens with one attached hydrogen (secondary N) is 1. The van der Waals surface area contributed by atoms with E-state index < -0.39 is 4.92 Å². The van der Waals surface area contributed by atoms with Crippen LogP contribution in [-0.4, -0.2) is 83.8 Å². The smallest absolute Gasteiger partial charge is 0.294 e. The molecule has 0 spiro atoms. The molecule has 212 valence electrons. The van der Waals surface area contributed by atoms with Crippen molar-refractivity contribution in [3.8, 4) is 17.0 Å². The van der Waals surface area contributed by atoms with Crippen molar-refractivity contribution in [3.05, 3.63) is 64.5 Å². The number of anilines is 3. The van der Waals surface area contributed by atoms with Gasteiger partial charge in [0.15, 0.2) is 0 Å². The van der Waals surface area contributed by atoms with E-state index in [2.05, 4.69) is 37.0 Å². The third-order valence-electron chi connectivity index (χ3n) is 6.99. The van der Waals surface area contributed by atoms with Crippen LogP contribution < -0.4 is 15.0 Å². The van der Waals surface area contributed by atoms with Gasteiger partial charge in [-0.15, -0.1) is 0 Å². The lowest BCUT2D eigenvalue weighted by molar-refractivity contribution is -0.384. The molecule has 0 saturated heterocycles. The predicted molar refractivity (Wildman–Crippen MR) is 163 cm³/mol. The molecule has 2 aromatic carbocycles. The highest BCUT2D eigenvalue weighted by atomic mass is 16.6. The molecule has 0 fully saturated rings. The molecule has 0 aliphatic carbocycles. The Balaban J connectivity index is 1.47. The first-order valence-corrected chi connectivity index (χ1v) is 13.2. The fourth-order valence-electron chi connectivity index (χ4n) is 4.78. The highest BCUT2D eigenvalue weighted by molar-refractivity contribution is 6.39. The van der Waals surface area contributed by atoms with Crippen LogP contribution >= 0.6 is 0 Å². The Morgan fingerprint density at radius 3 is 2.63 bits per heavy atom. The molecule has 41 heavy (non-hydrogen) atoms. The zero-order valence-electron chi connectivity index (χ0n) is 24.0. The summed E-state index contributed by atoms with van der Waals surface area (Å²) in [7, 11) is 9.26. The molecule has 0 saturated carbocycles. The van der Waals surface area contributed by atoms with E-state index in [1.54, 1.807) is 12.3 Å². The fourth-order valence-corrected chi connectivity index (χ4v) is 4.78. The van der Waals surface area contributed by atoms with Gasteiger partial charge in [-0.2, -0.15) is 0 Å². The van der Waals surface area contributed by atoms with Gasteiger partial charge in [0.25, 0.3) is 5.69 Å². The molecule has 1 N–H and O–H groups in total. The van der Waals surface area contributed by atoms with E-state index in [0.29, 0.717) is 35.3 Å². The predicted octanol–water partition coefficient (Wildman–Crippen LogP) is 4.51. The second-order valence-corrected chi connectivity index (χ2v) is 10.2. The van der Waals surface area contributed by atoms with E-state index in [9.17, 15) is 10.1 Å². The zero-order valence-corrected chi connectivity index (χ0v) is 24.0. The molecular weight excluding hydrogens is 522 g/mol. The SMILES string of the molecule is COc1cc(N(C)CCN(C)C)c([N+](=O)[O-])cc1Nc1nccc(-c2cn(C)c3cc(C4=NC(C)N=C4)ccc23)n1. The normalized spacial score (nSPS) is 14.5. The summed E-state index contributed by atoms with van der Waals surface area (Å²) in [6.45, 7) is 3.31. The first-order chi connectivity index (χ1) is 19.6. The van der Waals surface area contributed by atoms with Crippen molar-refractivity contribution in [1.82, 2.24) is 19.4 Å². The highest BCUT2D eigenvalue weighted by Gasteiger charge is 2.23. The average molecular weight is 556 g/mol. The molecule has 2 aromatic heterocycles. The van der Waals surface area contributed by atoms with Crippen LogP contribution in [0.4, 0.5) is 23.0 Å². The van der Waals surface area contributed by atoms with Crippen molar-refractivity contribution < 1.29 is 9.66 Å². The van der Waals surface area contributed by atoms with E-state index in [0.717, 1.165) is 34.3 Å². The summed E-state index contributed by atoms with van der Waals surface area (Å²) >= 11 is 0. The number of nitro groups is 1. The minimum Gasteiger partial charge on any atom is -0.494 e.